The van der Waals surface area contributed by atoms with Gasteiger partial charge in [-0.15, -0.1) is 5.10 Å². The summed E-state index contributed by atoms with van der Waals surface area (Å²) in [5, 5.41) is 7.66. The van der Waals surface area contributed by atoms with Crippen molar-refractivity contribution >= 4 is 5.91 Å². The van der Waals surface area contributed by atoms with Gasteiger partial charge in [-0.2, -0.15) is 0 Å². The highest BCUT2D eigenvalue weighted by Crippen LogP contribution is 2.17. The van der Waals surface area contributed by atoms with Crippen molar-refractivity contribution in [2.45, 2.75) is 32.3 Å². The summed E-state index contributed by atoms with van der Waals surface area (Å²) in [7, 11) is 1.74. The Morgan fingerprint density at radius 3 is 2.57 bits per heavy atom. The third-order valence-corrected chi connectivity index (χ3v) is 3.91. The first-order valence-corrected chi connectivity index (χ1v) is 7.79. The maximum atomic E-state index is 12.3. The number of likely N-dealkylation sites (tertiary alicyclic amines) is 1. The molecule has 0 aromatic carbocycles. The first kappa shape index (κ1) is 15.4. The van der Waals surface area contributed by atoms with Crippen LogP contribution in [0.15, 0.2) is 18.6 Å². The number of rotatable bonds is 4. The van der Waals surface area contributed by atoms with Gasteiger partial charge < -0.3 is 9.64 Å². The number of hydrogen-bond donors (Lipinski definition) is 0. The van der Waals surface area contributed by atoms with Crippen LogP contribution in [-0.2, 0) is 13.5 Å². The van der Waals surface area contributed by atoms with Crippen molar-refractivity contribution in [3.8, 4) is 6.01 Å². The Labute approximate surface area is 134 Å². The Balaban J connectivity index is 1.52. The van der Waals surface area contributed by atoms with Gasteiger partial charge >= 0.3 is 6.01 Å². The second-order valence-electron chi connectivity index (χ2n) is 5.61. The first-order valence-electron chi connectivity index (χ1n) is 7.79. The van der Waals surface area contributed by atoms with Gasteiger partial charge in [0.15, 0.2) is 5.69 Å². The number of aromatic nitrogens is 5. The molecule has 3 heterocycles. The van der Waals surface area contributed by atoms with Crippen LogP contribution in [0.3, 0.4) is 0 Å². The van der Waals surface area contributed by atoms with Crippen molar-refractivity contribution in [2.75, 3.05) is 13.1 Å². The number of carbonyl (C=O) groups is 1. The topological polar surface area (TPSA) is 86.0 Å². The third kappa shape index (κ3) is 3.64. The second kappa shape index (κ2) is 6.72. The lowest BCUT2D eigenvalue weighted by molar-refractivity contribution is 0.0573. The fraction of sp³-hybridized carbons (Fsp3) is 0.533. The molecule has 0 unspecified atom stereocenters. The van der Waals surface area contributed by atoms with Crippen LogP contribution in [0.5, 0.6) is 6.01 Å². The van der Waals surface area contributed by atoms with Crippen LogP contribution in [0, 0.1) is 0 Å². The van der Waals surface area contributed by atoms with E-state index >= 15 is 0 Å². The van der Waals surface area contributed by atoms with Gasteiger partial charge in [-0.1, -0.05) is 12.1 Å². The molecule has 0 spiro atoms. The number of piperidine rings is 1. The summed E-state index contributed by atoms with van der Waals surface area (Å²) < 4.78 is 7.33. The van der Waals surface area contributed by atoms with Gasteiger partial charge in [-0.3, -0.25) is 9.48 Å². The normalized spacial score (nSPS) is 15.7. The van der Waals surface area contributed by atoms with Crippen LogP contribution < -0.4 is 4.74 Å². The zero-order valence-electron chi connectivity index (χ0n) is 13.3. The molecule has 8 heteroatoms. The van der Waals surface area contributed by atoms with E-state index in [0.717, 1.165) is 24.8 Å². The second-order valence-corrected chi connectivity index (χ2v) is 5.61. The van der Waals surface area contributed by atoms with Crippen LogP contribution >= 0.6 is 0 Å². The van der Waals surface area contributed by atoms with E-state index in [-0.39, 0.29) is 12.0 Å². The van der Waals surface area contributed by atoms with Crippen molar-refractivity contribution in [1.82, 2.24) is 29.9 Å². The van der Waals surface area contributed by atoms with Crippen LogP contribution in [0.1, 0.15) is 35.8 Å². The first-order chi connectivity index (χ1) is 11.2. The summed E-state index contributed by atoms with van der Waals surface area (Å²) in [6.07, 6.45) is 7.66. The molecule has 0 N–H and O–H groups in total. The standard InChI is InChI=1S/C15H20N6O2/c1-3-11-8-16-15(17-9-11)23-12-4-6-21(7-5-12)14(22)13-10-20(2)19-18-13/h8-10,12H,3-7H2,1-2H3. The van der Waals surface area contributed by atoms with E-state index in [4.69, 9.17) is 4.74 Å². The van der Waals surface area contributed by atoms with E-state index in [9.17, 15) is 4.79 Å². The van der Waals surface area contributed by atoms with Gasteiger partial charge in [-0.05, 0) is 12.0 Å². The fourth-order valence-electron chi connectivity index (χ4n) is 2.52. The highest BCUT2D eigenvalue weighted by Gasteiger charge is 2.26. The van der Waals surface area contributed by atoms with Crippen LogP contribution in [0.25, 0.3) is 0 Å². The minimum atomic E-state index is -0.0832. The van der Waals surface area contributed by atoms with Crippen molar-refractivity contribution < 1.29 is 9.53 Å². The SMILES string of the molecule is CCc1cnc(OC2CCN(C(=O)c3cn(C)nn3)CC2)nc1. The van der Waals surface area contributed by atoms with Gasteiger partial charge in [0, 0.05) is 45.4 Å². The zero-order valence-corrected chi connectivity index (χ0v) is 13.3. The minimum Gasteiger partial charge on any atom is -0.460 e. The van der Waals surface area contributed by atoms with Crippen LogP contribution in [0.2, 0.25) is 0 Å². The molecule has 0 atom stereocenters. The van der Waals surface area contributed by atoms with Gasteiger partial charge in [0.2, 0.25) is 0 Å². The Morgan fingerprint density at radius 1 is 1.30 bits per heavy atom. The summed E-state index contributed by atoms with van der Waals surface area (Å²) in [5.41, 5.74) is 1.46. The Morgan fingerprint density at radius 2 is 2.00 bits per heavy atom. The quantitative estimate of drug-likeness (QED) is 0.831. The Bertz CT molecular complexity index is 661. The lowest BCUT2D eigenvalue weighted by Crippen LogP contribution is -2.42. The predicted octanol–water partition coefficient (Wildman–Crippen LogP) is 0.851. The van der Waals surface area contributed by atoms with Crippen molar-refractivity contribution in [3.05, 3.63) is 29.8 Å². The third-order valence-electron chi connectivity index (χ3n) is 3.91. The summed E-state index contributed by atoms with van der Waals surface area (Å²) in [4.78, 5) is 22.5. The highest BCUT2D eigenvalue weighted by molar-refractivity contribution is 5.91. The molecular weight excluding hydrogens is 296 g/mol. The van der Waals surface area contributed by atoms with Crippen molar-refractivity contribution in [1.29, 1.82) is 0 Å². The van der Waals surface area contributed by atoms with E-state index in [2.05, 4.69) is 27.2 Å². The van der Waals surface area contributed by atoms with Gasteiger partial charge in [-0.25, -0.2) is 9.97 Å². The Kier molecular flexibility index (Phi) is 4.50. The van der Waals surface area contributed by atoms with Crippen LogP contribution in [0.4, 0.5) is 0 Å². The number of aryl methyl sites for hydroxylation is 2. The van der Waals surface area contributed by atoms with E-state index in [1.807, 2.05) is 0 Å². The maximum absolute atomic E-state index is 12.3. The monoisotopic (exact) mass is 316 g/mol. The maximum Gasteiger partial charge on any atom is 0.316 e. The largest absolute Gasteiger partial charge is 0.460 e. The van der Waals surface area contributed by atoms with E-state index in [0.29, 0.717) is 24.8 Å². The molecule has 1 amide bonds. The van der Waals surface area contributed by atoms with E-state index < -0.39 is 0 Å². The smallest absolute Gasteiger partial charge is 0.316 e. The highest BCUT2D eigenvalue weighted by atomic mass is 16.5. The van der Waals surface area contributed by atoms with Crippen LogP contribution in [-0.4, -0.2) is 55.0 Å². The molecule has 23 heavy (non-hydrogen) atoms. The lowest BCUT2D eigenvalue weighted by atomic mass is 10.1. The number of carbonyl (C=O) groups excluding carboxylic acids is 1. The molecule has 2 aromatic heterocycles. The number of amides is 1. The summed E-state index contributed by atoms with van der Waals surface area (Å²) in [6.45, 7) is 3.32. The number of nitrogens with zero attached hydrogens (tertiary/aromatic N) is 6. The number of hydrogen-bond acceptors (Lipinski definition) is 6. The molecule has 122 valence electrons. The lowest BCUT2D eigenvalue weighted by Gasteiger charge is -2.31. The fourth-order valence-corrected chi connectivity index (χ4v) is 2.52. The molecule has 0 bridgehead atoms. The van der Waals surface area contributed by atoms with Crippen molar-refractivity contribution in [3.63, 3.8) is 0 Å². The van der Waals surface area contributed by atoms with Crippen molar-refractivity contribution in [2.24, 2.45) is 7.05 Å². The minimum absolute atomic E-state index is 0.0355. The van der Waals surface area contributed by atoms with Gasteiger partial charge in [0.25, 0.3) is 5.91 Å². The predicted molar refractivity (Wildman–Crippen MR) is 82.0 cm³/mol. The summed E-state index contributed by atoms with van der Waals surface area (Å²) >= 11 is 0. The molecule has 1 aliphatic heterocycles. The Hall–Kier alpha value is -2.51. The van der Waals surface area contributed by atoms with E-state index in [1.54, 1.807) is 30.5 Å². The number of ether oxygens (including phenoxy) is 1. The molecule has 0 saturated carbocycles. The molecule has 3 rings (SSSR count). The average Bonchev–Trinajstić information content (AvgIpc) is 3.02. The van der Waals surface area contributed by atoms with Gasteiger partial charge in [0.05, 0.1) is 6.20 Å². The molecular formula is C15H20N6O2. The molecule has 1 saturated heterocycles. The summed E-state index contributed by atoms with van der Waals surface area (Å²) in [6, 6.07) is 0.404. The molecule has 1 fully saturated rings. The average molecular weight is 316 g/mol. The molecule has 0 radical (unpaired) electrons. The molecule has 8 nitrogen and oxygen atoms in total. The molecule has 0 aliphatic carbocycles. The van der Waals surface area contributed by atoms with E-state index in [1.165, 1.54) is 4.68 Å². The zero-order chi connectivity index (χ0) is 16.2. The molecule has 2 aromatic rings. The summed E-state index contributed by atoms with van der Waals surface area (Å²) in [5.74, 6) is -0.0832. The molecule has 1 aliphatic rings. The van der Waals surface area contributed by atoms with Gasteiger partial charge in [0.1, 0.15) is 6.10 Å².